The molecule has 36 heavy (non-hydrogen) atoms. The third-order valence-corrected chi connectivity index (χ3v) is 8.64. The molecule has 0 aromatic carbocycles. The lowest BCUT2D eigenvalue weighted by Gasteiger charge is -2.55. The van der Waals surface area contributed by atoms with Gasteiger partial charge in [-0.1, -0.05) is 62.3 Å². The van der Waals surface area contributed by atoms with Crippen LogP contribution in [0.1, 0.15) is 144 Å². The Morgan fingerprint density at radius 2 is 0.500 bits per heavy atom. The maximum atomic E-state index is 2.62. The highest BCUT2D eigenvalue weighted by molar-refractivity contribution is 4.98. The molecule has 3 atom stereocenters. The van der Waals surface area contributed by atoms with Crippen molar-refractivity contribution in [1.82, 2.24) is 14.7 Å². The summed E-state index contributed by atoms with van der Waals surface area (Å²) in [7, 11) is 0. The summed E-state index contributed by atoms with van der Waals surface area (Å²) in [6, 6.07) is 2.37. The van der Waals surface area contributed by atoms with Crippen LogP contribution in [0.15, 0.2) is 0 Å². The van der Waals surface area contributed by atoms with Crippen LogP contribution in [0, 0.1) is 16.2 Å². The molecule has 3 rings (SSSR count). The van der Waals surface area contributed by atoms with E-state index in [0.29, 0.717) is 32.9 Å². The van der Waals surface area contributed by atoms with Crippen LogP contribution in [0.3, 0.4) is 0 Å². The first kappa shape index (κ1) is 33.9. The summed E-state index contributed by atoms with van der Waals surface area (Å²) in [5, 5.41) is 0. The molecule has 0 spiro atoms. The highest BCUT2D eigenvalue weighted by Crippen LogP contribution is 2.40. The molecular formula is C33H69N3. The molecule has 3 heterocycles. The van der Waals surface area contributed by atoms with Crippen LogP contribution < -0.4 is 0 Å². The minimum absolute atomic E-state index is 0.357. The zero-order valence-electron chi connectivity index (χ0n) is 28.3. The molecule has 3 aliphatic heterocycles. The Balaban J connectivity index is 0.000000270. The number of nitrogens with zero attached hydrogens (tertiary/aromatic N) is 3. The first-order valence-electron chi connectivity index (χ1n) is 15.0. The lowest BCUT2D eigenvalue weighted by molar-refractivity contribution is -0.0531. The summed E-state index contributed by atoms with van der Waals surface area (Å²) in [4.78, 5) is 7.85. The van der Waals surface area contributed by atoms with Crippen LogP contribution in [0.2, 0.25) is 0 Å². The van der Waals surface area contributed by atoms with Crippen LogP contribution in [0.5, 0.6) is 0 Å². The highest BCUT2D eigenvalue weighted by Gasteiger charge is 2.44. The average Bonchev–Trinajstić information content (AvgIpc) is 2.31. The molecule has 0 aromatic rings. The Morgan fingerprint density at radius 3 is 0.528 bits per heavy atom. The summed E-state index contributed by atoms with van der Waals surface area (Å²) >= 11 is 0. The fourth-order valence-corrected chi connectivity index (χ4v) is 6.27. The summed E-state index contributed by atoms with van der Waals surface area (Å²) < 4.78 is 0. The fourth-order valence-electron chi connectivity index (χ4n) is 6.27. The van der Waals surface area contributed by atoms with Crippen molar-refractivity contribution in [2.45, 2.75) is 179 Å². The summed E-state index contributed by atoms with van der Waals surface area (Å²) in [6.07, 6.45) is 4.13. The summed E-state index contributed by atoms with van der Waals surface area (Å²) in [6.45, 7) is 45.7. The van der Waals surface area contributed by atoms with Gasteiger partial charge in [-0.05, 0) is 97.8 Å². The first-order valence-corrected chi connectivity index (χ1v) is 15.0. The molecule has 3 nitrogen and oxygen atoms in total. The van der Waals surface area contributed by atoms with Crippen molar-refractivity contribution in [3.05, 3.63) is 0 Å². The molecule has 1 unspecified atom stereocenters. The molecule has 216 valence electrons. The number of hydrogen-bond acceptors (Lipinski definition) is 3. The highest BCUT2D eigenvalue weighted by atomic mass is 15.3. The van der Waals surface area contributed by atoms with E-state index in [0.717, 1.165) is 18.1 Å². The molecule has 0 aliphatic carbocycles. The van der Waals surface area contributed by atoms with E-state index >= 15 is 0 Å². The lowest BCUT2D eigenvalue weighted by Crippen LogP contribution is -2.61. The molecule has 0 radical (unpaired) electrons. The van der Waals surface area contributed by atoms with Gasteiger partial charge in [-0.15, -0.1) is 0 Å². The van der Waals surface area contributed by atoms with Crippen molar-refractivity contribution in [3.63, 3.8) is 0 Å². The van der Waals surface area contributed by atoms with Gasteiger partial charge in [-0.25, -0.2) is 0 Å². The van der Waals surface area contributed by atoms with Crippen LogP contribution in [0.25, 0.3) is 0 Å². The van der Waals surface area contributed by atoms with E-state index in [1.807, 2.05) is 0 Å². The van der Waals surface area contributed by atoms with E-state index in [2.05, 4.69) is 139 Å². The maximum Gasteiger partial charge on any atom is 0.0161 e. The molecule has 0 bridgehead atoms. The predicted molar refractivity (Wildman–Crippen MR) is 163 cm³/mol. The molecule has 3 heteroatoms. The van der Waals surface area contributed by atoms with Crippen molar-refractivity contribution in [3.8, 4) is 0 Å². The summed E-state index contributed by atoms with van der Waals surface area (Å²) in [5.74, 6) is 0. The topological polar surface area (TPSA) is 9.72 Å². The lowest BCUT2D eigenvalue weighted by atomic mass is 9.76. The van der Waals surface area contributed by atoms with Crippen LogP contribution in [-0.4, -0.2) is 69.1 Å². The smallest absolute Gasteiger partial charge is 0.0161 e. The largest absolute Gasteiger partial charge is 0.295 e. The molecule has 0 N–H and O–H groups in total. The van der Waals surface area contributed by atoms with Gasteiger partial charge in [0.1, 0.15) is 0 Å². The molecular weight excluding hydrogens is 438 g/mol. The fraction of sp³-hybridized carbons (Fsp3) is 1.00. The van der Waals surface area contributed by atoms with Gasteiger partial charge in [0, 0.05) is 54.4 Å². The second-order valence-electron chi connectivity index (χ2n) is 18.1. The van der Waals surface area contributed by atoms with E-state index in [-0.39, 0.29) is 0 Å². The number of rotatable bonds is 0. The molecule has 0 amide bonds. The van der Waals surface area contributed by atoms with Crippen molar-refractivity contribution in [1.29, 1.82) is 0 Å². The predicted octanol–water partition coefficient (Wildman–Crippen LogP) is 8.72. The molecule has 3 aliphatic rings. The van der Waals surface area contributed by atoms with E-state index < -0.39 is 0 Å². The Kier molecular flexibility index (Phi) is 10.5. The second kappa shape index (κ2) is 11.2. The van der Waals surface area contributed by atoms with Crippen molar-refractivity contribution in [2.75, 3.05) is 19.6 Å². The zero-order valence-corrected chi connectivity index (χ0v) is 28.3. The monoisotopic (exact) mass is 508 g/mol. The minimum Gasteiger partial charge on any atom is -0.295 e. The van der Waals surface area contributed by atoms with E-state index in [1.54, 1.807) is 0 Å². The zero-order chi connectivity index (χ0) is 28.7. The van der Waals surface area contributed by atoms with Gasteiger partial charge in [0.2, 0.25) is 0 Å². The Hall–Kier alpha value is -0.120. The molecule has 0 saturated carbocycles. The third-order valence-electron chi connectivity index (χ3n) is 8.64. The Bertz CT molecular complexity index is 512. The van der Waals surface area contributed by atoms with E-state index in [1.165, 1.54) is 38.9 Å². The Labute approximate surface area is 229 Å². The van der Waals surface area contributed by atoms with E-state index in [4.69, 9.17) is 0 Å². The van der Waals surface area contributed by atoms with Gasteiger partial charge in [0.15, 0.2) is 0 Å². The minimum atomic E-state index is 0.357. The second-order valence-corrected chi connectivity index (χ2v) is 18.1. The average molecular weight is 508 g/mol. The number of hydrogen-bond donors (Lipinski definition) is 0. The molecule has 0 aromatic heterocycles. The van der Waals surface area contributed by atoms with Gasteiger partial charge in [-0.3, -0.25) is 14.7 Å². The van der Waals surface area contributed by atoms with Gasteiger partial charge in [0.25, 0.3) is 0 Å². The van der Waals surface area contributed by atoms with E-state index in [9.17, 15) is 0 Å². The number of likely N-dealkylation sites (tertiary alicyclic amines) is 3. The molecule has 3 fully saturated rings. The third kappa shape index (κ3) is 9.26. The SMILES string of the molecule is CC(C)(C)C1CCN1C(C)(C)C.CC(C)(C)[C@@H]1CCN1C(C)(C)C.CC(C)(C)[C@H]1CCN1C(C)(C)C. The van der Waals surface area contributed by atoms with Gasteiger partial charge >= 0.3 is 0 Å². The van der Waals surface area contributed by atoms with Crippen molar-refractivity contribution >= 4 is 0 Å². The summed E-state index contributed by atoms with van der Waals surface area (Å²) in [5.41, 5.74) is 2.42. The molecule has 3 saturated heterocycles. The van der Waals surface area contributed by atoms with Gasteiger partial charge in [-0.2, -0.15) is 0 Å². The van der Waals surface area contributed by atoms with Crippen molar-refractivity contribution < 1.29 is 0 Å². The quantitative estimate of drug-likeness (QED) is 0.324. The van der Waals surface area contributed by atoms with Crippen molar-refractivity contribution in [2.24, 2.45) is 16.2 Å². The maximum absolute atomic E-state index is 2.62. The Morgan fingerprint density at radius 1 is 0.333 bits per heavy atom. The first-order chi connectivity index (χ1) is 15.7. The standard InChI is InChI=1S/3C11H23N/c3*1-10(2,3)9-7-8-12(9)11(4,5)6/h3*9H,7-8H2,1-6H3/t2*9-;/m10./s1. The van der Waals surface area contributed by atoms with Gasteiger partial charge in [0.05, 0.1) is 0 Å². The van der Waals surface area contributed by atoms with Crippen LogP contribution >= 0.6 is 0 Å². The van der Waals surface area contributed by atoms with Crippen LogP contribution in [-0.2, 0) is 0 Å². The van der Waals surface area contributed by atoms with Gasteiger partial charge < -0.3 is 0 Å². The van der Waals surface area contributed by atoms with Crippen LogP contribution in [0.4, 0.5) is 0 Å². The normalized spacial score (nSPS) is 27.0.